The molecule has 0 heterocycles. The predicted octanol–water partition coefficient (Wildman–Crippen LogP) is 3.89. The van der Waals surface area contributed by atoms with Gasteiger partial charge in [-0.25, -0.2) is 0 Å². The van der Waals surface area contributed by atoms with Crippen molar-refractivity contribution >= 4 is 29.1 Å². The number of halogens is 1. The van der Waals surface area contributed by atoms with Gasteiger partial charge in [-0.15, -0.1) is 0 Å². The average Bonchev–Trinajstić information content (AvgIpc) is 2.60. The molecule has 6 heteroatoms. The third-order valence-corrected chi connectivity index (χ3v) is 3.64. The fourth-order valence-corrected chi connectivity index (χ4v) is 2.26. The van der Waals surface area contributed by atoms with E-state index < -0.39 is 0 Å². The SMILES string of the molecule is CCCCOc1ccc(C(=O)NCC(=O)Nc2cccc(Cl)c2)cc1. The smallest absolute Gasteiger partial charge is 0.251 e. The number of unbranched alkanes of at least 4 members (excludes halogenated alkanes) is 1. The van der Waals surface area contributed by atoms with E-state index in [-0.39, 0.29) is 18.4 Å². The summed E-state index contributed by atoms with van der Waals surface area (Å²) in [5, 5.41) is 5.78. The molecule has 0 spiro atoms. The third-order valence-electron chi connectivity index (χ3n) is 3.40. The lowest BCUT2D eigenvalue weighted by Gasteiger charge is -2.08. The van der Waals surface area contributed by atoms with E-state index in [0.29, 0.717) is 22.9 Å². The number of amides is 2. The Labute approximate surface area is 152 Å². The van der Waals surface area contributed by atoms with Crippen LogP contribution in [0.5, 0.6) is 5.75 Å². The lowest BCUT2D eigenvalue weighted by molar-refractivity contribution is -0.115. The van der Waals surface area contributed by atoms with Gasteiger partial charge in [0, 0.05) is 16.3 Å². The Morgan fingerprint density at radius 3 is 2.56 bits per heavy atom. The van der Waals surface area contributed by atoms with Gasteiger partial charge in [-0.05, 0) is 48.9 Å². The molecule has 0 saturated heterocycles. The summed E-state index contributed by atoms with van der Waals surface area (Å²) >= 11 is 5.86. The zero-order valence-corrected chi connectivity index (χ0v) is 14.8. The molecule has 132 valence electrons. The van der Waals surface area contributed by atoms with Crippen molar-refractivity contribution in [2.45, 2.75) is 19.8 Å². The maximum atomic E-state index is 12.1. The Morgan fingerprint density at radius 1 is 1.12 bits per heavy atom. The van der Waals surface area contributed by atoms with E-state index in [9.17, 15) is 9.59 Å². The number of ether oxygens (including phenoxy) is 1. The van der Waals surface area contributed by atoms with Crippen molar-refractivity contribution < 1.29 is 14.3 Å². The molecule has 2 N–H and O–H groups in total. The molecule has 5 nitrogen and oxygen atoms in total. The molecule has 2 aromatic rings. The van der Waals surface area contributed by atoms with Crippen molar-refractivity contribution in [3.05, 3.63) is 59.1 Å². The maximum Gasteiger partial charge on any atom is 0.251 e. The van der Waals surface area contributed by atoms with Gasteiger partial charge < -0.3 is 15.4 Å². The van der Waals surface area contributed by atoms with Crippen molar-refractivity contribution in [1.29, 1.82) is 0 Å². The van der Waals surface area contributed by atoms with Crippen LogP contribution in [0.25, 0.3) is 0 Å². The molecule has 0 unspecified atom stereocenters. The molecule has 2 rings (SSSR count). The zero-order chi connectivity index (χ0) is 18.1. The summed E-state index contributed by atoms with van der Waals surface area (Å²) in [7, 11) is 0. The summed E-state index contributed by atoms with van der Waals surface area (Å²) in [6.45, 7) is 2.63. The minimum atomic E-state index is -0.324. The standard InChI is InChI=1S/C19H21ClN2O3/c1-2-3-11-25-17-9-7-14(8-10-17)19(24)21-13-18(23)22-16-6-4-5-15(20)12-16/h4-10,12H,2-3,11,13H2,1H3,(H,21,24)(H,22,23). The Balaban J connectivity index is 1.80. The van der Waals surface area contributed by atoms with Crippen LogP contribution in [-0.4, -0.2) is 25.0 Å². The lowest BCUT2D eigenvalue weighted by Crippen LogP contribution is -2.32. The van der Waals surface area contributed by atoms with Crippen molar-refractivity contribution in [3.63, 3.8) is 0 Å². The number of hydrogen-bond donors (Lipinski definition) is 2. The molecular weight excluding hydrogens is 340 g/mol. The molecule has 2 aromatic carbocycles. The second kappa shape index (κ2) is 9.69. The molecule has 0 saturated carbocycles. The first-order valence-corrected chi connectivity index (χ1v) is 8.52. The molecule has 2 amide bonds. The molecule has 0 bridgehead atoms. The van der Waals surface area contributed by atoms with Crippen LogP contribution in [0.3, 0.4) is 0 Å². The van der Waals surface area contributed by atoms with Gasteiger partial charge in [0.1, 0.15) is 5.75 Å². The number of anilines is 1. The largest absolute Gasteiger partial charge is 0.494 e. The third kappa shape index (κ3) is 6.47. The fourth-order valence-electron chi connectivity index (χ4n) is 2.07. The normalized spacial score (nSPS) is 10.2. The fraction of sp³-hybridized carbons (Fsp3) is 0.263. The minimum absolute atomic E-state index is 0.125. The van der Waals surface area contributed by atoms with E-state index in [1.807, 2.05) is 0 Å². The lowest BCUT2D eigenvalue weighted by atomic mass is 10.2. The minimum Gasteiger partial charge on any atom is -0.494 e. The molecule has 0 aliphatic heterocycles. The van der Waals surface area contributed by atoms with Gasteiger partial charge in [0.2, 0.25) is 5.91 Å². The van der Waals surface area contributed by atoms with Crippen LogP contribution < -0.4 is 15.4 Å². The maximum absolute atomic E-state index is 12.1. The summed E-state index contributed by atoms with van der Waals surface area (Å²) in [5.41, 5.74) is 1.05. The second-order valence-electron chi connectivity index (χ2n) is 5.47. The van der Waals surface area contributed by atoms with Gasteiger partial charge in [-0.1, -0.05) is 31.0 Å². The summed E-state index contributed by atoms with van der Waals surface area (Å²) in [5.74, 6) is 0.0835. The van der Waals surface area contributed by atoms with Crippen molar-refractivity contribution in [3.8, 4) is 5.75 Å². The molecule has 0 fully saturated rings. The van der Waals surface area contributed by atoms with Crippen molar-refractivity contribution in [2.24, 2.45) is 0 Å². The topological polar surface area (TPSA) is 67.4 Å². The number of carbonyl (C=O) groups excluding carboxylic acids is 2. The molecule has 0 atom stereocenters. The number of carbonyl (C=O) groups is 2. The van der Waals surface area contributed by atoms with Crippen molar-refractivity contribution in [1.82, 2.24) is 5.32 Å². The molecular formula is C19H21ClN2O3. The first-order valence-electron chi connectivity index (χ1n) is 8.15. The van der Waals surface area contributed by atoms with Crippen LogP contribution in [0.1, 0.15) is 30.1 Å². The number of nitrogens with one attached hydrogen (secondary N) is 2. The molecule has 0 aliphatic rings. The quantitative estimate of drug-likeness (QED) is 0.702. The molecule has 0 aliphatic carbocycles. The average molecular weight is 361 g/mol. The van der Waals surface area contributed by atoms with E-state index in [1.165, 1.54) is 0 Å². The monoisotopic (exact) mass is 360 g/mol. The van der Waals surface area contributed by atoms with Gasteiger partial charge in [0.05, 0.1) is 13.2 Å². The van der Waals surface area contributed by atoms with E-state index in [1.54, 1.807) is 48.5 Å². The van der Waals surface area contributed by atoms with Crippen LogP contribution in [0.15, 0.2) is 48.5 Å². The number of hydrogen-bond acceptors (Lipinski definition) is 3. The Bertz CT molecular complexity index is 717. The Kier molecular flexibility index (Phi) is 7.29. The second-order valence-corrected chi connectivity index (χ2v) is 5.90. The van der Waals surface area contributed by atoms with Crippen LogP contribution in [0, 0.1) is 0 Å². The summed E-state index contributed by atoms with van der Waals surface area (Å²) in [6.07, 6.45) is 2.06. The zero-order valence-electron chi connectivity index (χ0n) is 14.0. The summed E-state index contributed by atoms with van der Waals surface area (Å²) < 4.78 is 5.55. The Hall–Kier alpha value is -2.53. The van der Waals surface area contributed by atoms with Crippen LogP contribution in [-0.2, 0) is 4.79 Å². The highest BCUT2D eigenvalue weighted by Crippen LogP contribution is 2.15. The van der Waals surface area contributed by atoms with E-state index in [4.69, 9.17) is 16.3 Å². The van der Waals surface area contributed by atoms with Crippen LogP contribution in [0.2, 0.25) is 5.02 Å². The van der Waals surface area contributed by atoms with Gasteiger partial charge in [-0.2, -0.15) is 0 Å². The van der Waals surface area contributed by atoms with Crippen LogP contribution in [0.4, 0.5) is 5.69 Å². The highest BCUT2D eigenvalue weighted by Gasteiger charge is 2.08. The highest BCUT2D eigenvalue weighted by molar-refractivity contribution is 6.30. The van der Waals surface area contributed by atoms with E-state index >= 15 is 0 Å². The van der Waals surface area contributed by atoms with Gasteiger partial charge in [0.15, 0.2) is 0 Å². The number of rotatable bonds is 8. The predicted molar refractivity (Wildman–Crippen MR) is 99.3 cm³/mol. The molecule has 25 heavy (non-hydrogen) atoms. The molecule has 0 aromatic heterocycles. The van der Waals surface area contributed by atoms with Gasteiger partial charge in [0.25, 0.3) is 5.91 Å². The highest BCUT2D eigenvalue weighted by atomic mass is 35.5. The molecule has 0 radical (unpaired) electrons. The first-order chi connectivity index (χ1) is 12.1. The summed E-state index contributed by atoms with van der Waals surface area (Å²) in [6, 6.07) is 13.7. The number of benzene rings is 2. The van der Waals surface area contributed by atoms with E-state index in [0.717, 1.165) is 18.6 Å². The van der Waals surface area contributed by atoms with E-state index in [2.05, 4.69) is 17.6 Å². The van der Waals surface area contributed by atoms with Gasteiger partial charge >= 0.3 is 0 Å². The van der Waals surface area contributed by atoms with Crippen LogP contribution >= 0.6 is 11.6 Å². The van der Waals surface area contributed by atoms with Gasteiger partial charge in [-0.3, -0.25) is 9.59 Å². The summed E-state index contributed by atoms with van der Waals surface area (Å²) in [4.78, 5) is 23.9. The van der Waals surface area contributed by atoms with Crippen molar-refractivity contribution in [2.75, 3.05) is 18.5 Å². The first kappa shape index (κ1) is 18.8. The Morgan fingerprint density at radius 2 is 1.88 bits per heavy atom.